The van der Waals surface area contributed by atoms with E-state index in [1.165, 1.54) is 13.5 Å². The number of carboxylic acid groups (broad SMARTS) is 1. The van der Waals surface area contributed by atoms with Gasteiger partial charge in [-0.25, -0.2) is 9.59 Å². The van der Waals surface area contributed by atoms with Crippen LogP contribution in [0.4, 0.5) is 0 Å². The molecular formula is C30H38N2O5. The molecule has 0 aliphatic carbocycles. The Bertz CT molecular complexity index is 1240. The lowest BCUT2D eigenvalue weighted by Gasteiger charge is -2.29. The van der Waals surface area contributed by atoms with E-state index in [0.717, 1.165) is 22.5 Å². The van der Waals surface area contributed by atoms with Gasteiger partial charge in [-0.1, -0.05) is 40.2 Å². The molecule has 0 bridgehead atoms. The molecule has 1 aromatic heterocycles. The maximum atomic E-state index is 13.4. The third kappa shape index (κ3) is 6.67. The van der Waals surface area contributed by atoms with Crippen LogP contribution in [0.1, 0.15) is 87.7 Å². The number of methoxy groups -OCH3 is 1. The van der Waals surface area contributed by atoms with Crippen LogP contribution < -0.4 is 0 Å². The quantitative estimate of drug-likeness (QED) is 0.424. The SMILES string of the molecule is CC.CCC.COC(=O)c1ccc(C(=O)N2CCc3ccc(C(=O)O)cc3C2)cc1-n1c(C)ccc1C. The number of hydrogen-bond acceptors (Lipinski definition) is 4. The summed E-state index contributed by atoms with van der Waals surface area (Å²) in [6.45, 7) is 13.0. The molecule has 37 heavy (non-hydrogen) atoms. The first-order valence-corrected chi connectivity index (χ1v) is 12.7. The van der Waals surface area contributed by atoms with Crippen molar-refractivity contribution in [2.75, 3.05) is 13.7 Å². The molecule has 7 heteroatoms. The Labute approximate surface area is 219 Å². The minimum atomic E-state index is -0.989. The molecule has 2 heterocycles. The summed E-state index contributed by atoms with van der Waals surface area (Å²) in [6.07, 6.45) is 1.91. The van der Waals surface area contributed by atoms with Crippen molar-refractivity contribution in [3.8, 4) is 5.69 Å². The summed E-state index contributed by atoms with van der Waals surface area (Å²) < 4.78 is 6.87. The number of carbonyl (C=O) groups excluding carboxylic acids is 2. The first-order chi connectivity index (χ1) is 17.7. The average molecular weight is 507 g/mol. The Balaban J connectivity index is 0.000000898. The van der Waals surface area contributed by atoms with E-state index in [1.807, 2.05) is 50.5 Å². The molecule has 0 fully saturated rings. The number of aromatic carboxylic acids is 1. The Morgan fingerprint density at radius 1 is 0.892 bits per heavy atom. The van der Waals surface area contributed by atoms with Gasteiger partial charge in [0.25, 0.3) is 5.91 Å². The molecular weight excluding hydrogens is 468 g/mol. The van der Waals surface area contributed by atoms with Crippen molar-refractivity contribution in [3.63, 3.8) is 0 Å². The maximum Gasteiger partial charge on any atom is 0.339 e. The predicted molar refractivity (Wildman–Crippen MR) is 146 cm³/mol. The molecule has 0 atom stereocenters. The Hall–Kier alpha value is -3.87. The summed E-state index contributed by atoms with van der Waals surface area (Å²) >= 11 is 0. The van der Waals surface area contributed by atoms with Gasteiger partial charge in [0.2, 0.25) is 0 Å². The highest BCUT2D eigenvalue weighted by Gasteiger charge is 2.25. The van der Waals surface area contributed by atoms with Crippen LogP contribution in [0.3, 0.4) is 0 Å². The number of rotatable bonds is 4. The van der Waals surface area contributed by atoms with Crippen LogP contribution in [-0.2, 0) is 17.7 Å². The molecule has 1 N–H and O–H groups in total. The number of aromatic nitrogens is 1. The van der Waals surface area contributed by atoms with Gasteiger partial charge < -0.3 is 19.3 Å². The number of ether oxygens (including phenoxy) is 1. The molecule has 0 saturated carbocycles. The van der Waals surface area contributed by atoms with Gasteiger partial charge in [-0.15, -0.1) is 0 Å². The topological polar surface area (TPSA) is 88.8 Å². The number of fused-ring (bicyclic) bond motifs is 1. The smallest absolute Gasteiger partial charge is 0.339 e. The molecule has 0 spiro atoms. The lowest BCUT2D eigenvalue weighted by molar-refractivity contribution is 0.0598. The number of benzene rings is 2. The lowest BCUT2D eigenvalue weighted by Crippen LogP contribution is -2.36. The van der Waals surface area contributed by atoms with Crippen LogP contribution in [0.5, 0.6) is 0 Å². The zero-order valence-electron chi connectivity index (χ0n) is 22.9. The van der Waals surface area contributed by atoms with Gasteiger partial charge in [-0.05, 0) is 73.9 Å². The van der Waals surface area contributed by atoms with Crippen molar-refractivity contribution >= 4 is 17.8 Å². The predicted octanol–water partition coefficient (Wildman–Crippen LogP) is 6.22. The minimum absolute atomic E-state index is 0.170. The normalized spacial score (nSPS) is 11.8. The molecule has 198 valence electrons. The number of carbonyl (C=O) groups is 3. The number of amides is 1. The van der Waals surface area contributed by atoms with Crippen molar-refractivity contribution in [2.45, 2.75) is 60.9 Å². The second-order valence-corrected chi connectivity index (χ2v) is 8.65. The van der Waals surface area contributed by atoms with Crippen LogP contribution in [0.25, 0.3) is 5.69 Å². The van der Waals surface area contributed by atoms with Crippen molar-refractivity contribution in [2.24, 2.45) is 0 Å². The minimum Gasteiger partial charge on any atom is -0.478 e. The molecule has 1 amide bonds. The van der Waals surface area contributed by atoms with Gasteiger partial charge >= 0.3 is 11.9 Å². The van der Waals surface area contributed by atoms with E-state index in [2.05, 4.69) is 13.8 Å². The van der Waals surface area contributed by atoms with E-state index in [4.69, 9.17) is 4.74 Å². The van der Waals surface area contributed by atoms with Gasteiger partial charge in [0.1, 0.15) is 0 Å². The fourth-order valence-electron chi connectivity index (χ4n) is 4.23. The van der Waals surface area contributed by atoms with Gasteiger partial charge in [0.15, 0.2) is 0 Å². The molecule has 1 aliphatic rings. The third-order valence-electron chi connectivity index (χ3n) is 5.91. The van der Waals surface area contributed by atoms with Crippen LogP contribution in [0, 0.1) is 13.8 Å². The van der Waals surface area contributed by atoms with E-state index in [1.54, 1.807) is 35.2 Å². The third-order valence-corrected chi connectivity index (χ3v) is 5.91. The second-order valence-electron chi connectivity index (χ2n) is 8.65. The van der Waals surface area contributed by atoms with Crippen LogP contribution >= 0.6 is 0 Å². The zero-order chi connectivity index (χ0) is 27.7. The highest BCUT2D eigenvalue weighted by atomic mass is 16.5. The average Bonchev–Trinajstić information content (AvgIpc) is 3.25. The Morgan fingerprint density at radius 3 is 2.05 bits per heavy atom. The standard InChI is InChI=1S/C25H24N2O5.C3H8.C2H6/c1-15-4-5-16(2)27(15)22-13-18(8-9-21(22)25(31)32-3)23(28)26-11-10-17-6-7-19(24(29)30)12-20(17)14-26;1-3-2;1-2/h4-9,12-13H,10-11,14H2,1-3H3,(H,29,30);3H2,1-2H3;1-2H3. The van der Waals surface area contributed by atoms with Crippen LogP contribution in [0.2, 0.25) is 0 Å². The molecule has 0 unspecified atom stereocenters. The molecule has 2 aromatic carbocycles. The monoisotopic (exact) mass is 506 g/mol. The summed E-state index contributed by atoms with van der Waals surface area (Å²) in [5, 5.41) is 9.28. The molecule has 0 saturated heterocycles. The van der Waals surface area contributed by atoms with Gasteiger partial charge in [-0.3, -0.25) is 4.79 Å². The highest BCUT2D eigenvalue weighted by molar-refractivity contribution is 5.99. The first-order valence-electron chi connectivity index (χ1n) is 12.7. The summed E-state index contributed by atoms with van der Waals surface area (Å²) in [5.41, 5.74) is 5.40. The molecule has 4 rings (SSSR count). The summed E-state index contributed by atoms with van der Waals surface area (Å²) in [7, 11) is 1.33. The van der Waals surface area contributed by atoms with E-state index in [9.17, 15) is 19.5 Å². The fourth-order valence-corrected chi connectivity index (χ4v) is 4.23. The number of aryl methyl sites for hydroxylation is 2. The highest BCUT2D eigenvalue weighted by Crippen LogP contribution is 2.26. The van der Waals surface area contributed by atoms with E-state index >= 15 is 0 Å². The fraction of sp³-hybridized carbons (Fsp3) is 0.367. The molecule has 1 aliphatic heterocycles. The van der Waals surface area contributed by atoms with E-state index in [0.29, 0.717) is 36.3 Å². The molecule has 7 nitrogen and oxygen atoms in total. The van der Waals surface area contributed by atoms with E-state index in [-0.39, 0.29) is 11.5 Å². The second kappa shape index (κ2) is 13.4. The number of esters is 1. The number of carboxylic acids is 1. The van der Waals surface area contributed by atoms with Crippen molar-refractivity contribution in [3.05, 3.63) is 87.7 Å². The van der Waals surface area contributed by atoms with Crippen molar-refractivity contribution in [1.82, 2.24) is 9.47 Å². The summed E-state index contributed by atoms with van der Waals surface area (Å²) in [6, 6.07) is 13.9. The maximum absolute atomic E-state index is 13.4. The lowest BCUT2D eigenvalue weighted by atomic mass is 9.96. The number of hydrogen-bond donors (Lipinski definition) is 1. The first kappa shape index (κ1) is 29.4. The van der Waals surface area contributed by atoms with Crippen LogP contribution in [0.15, 0.2) is 48.5 Å². The van der Waals surface area contributed by atoms with E-state index < -0.39 is 11.9 Å². The van der Waals surface area contributed by atoms with Crippen molar-refractivity contribution < 1.29 is 24.2 Å². The summed E-state index contributed by atoms with van der Waals surface area (Å²) in [5.74, 6) is -1.63. The summed E-state index contributed by atoms with van der Waals surface area (Å²) in [4.78, 5) is 38.8. The Morgan fingerprint density at radius 2 is 1.49 bits per heavy atom. The Kier molecular flexibility index (Phi) is 10.7. The largest absolute Gasteiger partial charge is 0.478 e. The van der Waals surface area contributed by atoms with Gasteiger partial charge in [-0.2, -0.15) is 0 Å². The molecule has 3 aromatic rings. The van der Waals surface area contributed by atoms with Crippen LogP contribution in [-0.4, -0.2) is 46.1 Å². The van der Waals surface area contributed by atoms with Gasteiger partial charge in [0.05, 0.1) is 23.9 Å². The van der Waals surface area contributed by atoms with Gasteiger partial charge in [0, 0.05) is 30.0 Å². The molecule has 0 radical (unpaired) electrons. The zero-order valence-corrected chi connectivity index (χ0v) is 22.9. The number of nitrogens with zero attached hydrogens (tertiary/aromatic N) is 2. The van der Waals surface area contributed by atoms with Crippen molar-refractivity contribution in [1.29, 1.82) is 0 Å².